The summed E-state index contributed by atoms with van der Waals surface area (Å²) in [6.07, 6.45) is 0.772. The number of thiazole rings is 1. The fourth-order valence-electron chi connectivity index (χ4n) is 2.44. The number of benzene rings is 1. The van der Waals surface area contributed by atoms with Crippen LogP contribution in [0.2, 0.25) is 0 Å². The van der Waals surface area contributed by atoms with E-state index < -0.39 is 20.9 Å². The molecule has 0 aliphatic heterocycles. The predicted octanol–water partition coefficient (Wildman–Crippen LogP) is 2.47. The van der Waals surface area contributed by atoms with E-state index in [4.69, 9.17) is 5.14 Å². The van der Waals surface area contributed by atoms with Gasteiger partial charge < -0.3 is 4.57 Å². The molecule has 2 N–H and O–H groups in total. The summed E-state index contributed by atoms with van der Waals surface area (Å²) in [7, 11) is -3.84. The minimum atomic E-state index is -3.84. The zero-order valence-electron chi connectivity index (χ0n) is 14.0. The quantitative estimate of drug-likeness (QED) is 0.493. The second-order valence-corrected chi connectivity index (χ2v) is 9.16. The maximum absolute atomic E-state index is 12.4. The highest BCUT2D eigenvalue weighted by Crippen LogP contribution is 2.25. The van der Waals surface area contributed by atoms with Crippen molar-refractivity contribution in [2.24, 2.45) is 10.1 Å². The van der Waals surface area contributed by atoms with Gasteiger partial charge in [0, 0.05) is 12.6 Å². The Balaban J connectivity index is 2.13. The van der Waals surface area contributed by atoms with Crippen molar-refractivity contribution in [2.45, 2.75) is 24.8 Å². The first-order chi connectivity index (χ1) is 12.7. The number of nitrogens with two attached hydrogens (primary N) is 1. The highest BCUT2D eigenvalue weighted by atomic mass is 32.2. The van der Waals surface area contributed by atoms with Gasteiger partial charge in [-0.05, 0) is 30.7 Å². The Labute approximate surface area is 161 Å². The van der Waals surface area contributed by atoms with Gasteiger partial charge >= 0.3 is 5.00 Å². The number of fused-ring (bicyclic) bond motifs is 1. The fraction of sp³-hybridized carbons (Fsp3) is 0.200. The van der Waals surface area contributed by atoms with Crippen LogP contribution in [-0.4, -0.2) is 23.8 Å². The van der Waals surface area contributed by atoms with Gasteiger partial charge in [-0.1, -0.05) is 29.6 Å². The summed E-state index contributed by atoms with van der Waals surface area (Å²) in [5, 5.41) is 15.8. The van der Waals surface area contributed by atoms with E-state index in [9.17, 15) is 23.3 Å². The van der Waals surface area contributed by atoms with Crippen molar-refractivity contribution in [1.82, 2.24) is 4.57 Å². The number of nitrogens with zero attached hydrogens (tertiary/aromatic N) is 3. The highest BCUT2D eigenvalue weighted by Gasteiger charge is 2.16. The Hall–Kier alpha value is -2.41. The van der Waals surface area contributed by atoms with Crippen molar-refractivity contribution in [2.75, 3.05) is 0 Å². The molecule has 142 valence electrons. The fourth-order valence-corrected chi connectivity index (χ4v) is 4.85. The summed E-state index contributed by atoms with van der Waals surface area (Å²) >= 11 is 1.91. The number of thiophene rings is 1. The van der Waals surface area contributed by atoms with E-state index in [1.165, 1.54) is 24.3 Å². The highest BCUT2D eigenvalue weighted by molar-refractivity contribution is 7.89. The lowest BCUT2D eigenvalue weighted by atomic mass is 10.3. The van der Waals surface area contributed by atoms with Crippen LogP contribution in [0.15, 0.2) is 40.2 Å². The van der Waals surface area contributed by atoms with Crippen LogP contribution >= 0.6 is 22.7 Å². The molecule has 0 radical (unpaired) electrons. The van der Waals surface area contributed by atoms with Gasteiger partial charge in [-0.25, -0.2) is 13.6 Å². The topological polar surface area (TPSA) is 138 Å². The number of primary sulfonamides is 1. The van der Waals surface area contributed by atoms with Crippen molar-refractivity contribution in [3.63, 3.8) is 0 Å². The number of sulfonamides is 1. The maximum atomic E-state index is 12.4. The van der Waals surface area contributed by atoms with Crippen molar-refractivity contribution in [3.05, 3.63) is 50.1 Å². The van der Waals surface area contributed by atoms with E-state index in [1.807, 2.05) is 11.5 Å². The molecule has 0 aliphatic carbocycles. The van der Waals surface area contributed by atoms with Gasteiger partial charge in [0.05, 0.1) is 20.0 Å². The zero-order valence-corrected chi connectivity index (χ0v) is 16.4. The first kappa shape index (κ1) is 19.4. The lowest BCUT2D eigenvalue weighted by Crippen LogP contribution is -2.16. The summed E-state index contributed by atoms with van der Waals surface area (Å²) < 4.78 is 25.6. The first-order valence-electron chi connectivity index (χ1n) is 7.70. The van der Waals surface area contributed by atoms with Gasteiger partial charge in [0.1, 0.15) is 4.88 Å². The van der Waals surface area contributed by atoms with E-state index in [2.05, 4.69) is 4.99 Å². The number of carbonyl (C=O) groups excluding carboxylic acids is 1. The predicted molar refractivity (Wildman–Crippen MR) is 102 cm³/mol. The number of aromatic nitrogens is 1. The van der Waals surface area contributed by atoms with Gasteiger partial charge in [0.2, 0.25) is 10.0 Å². The smallest absolute Gasteiger partial charge is 0.316 e. The average Bonchev–Trinajstić information content (AvgIpc) is 3.20. The first-order valence-corrected chi connectivity index (χ1v) is 10.9. The summed E-state index contributed by atoms with van der Waals surface area (Å²) in [5.74, 6) is -0.587. The van der Waals surface area contributed by atoms with Crippen LogP contribution in [0.4, 0.5) is 5.00 Å². The normalized spacial score (nSPS) is 12.6. The second-order valence-electron chi connectivity index (χ2n) is 5.52. The van der Waals surface area contributed by atoms with Crippen LogP contribution in [0.5, 0.6) is 0 Å². The van der Waals surface area contributed by atoms with Crippen molar-refractivity contribution in [1.29, 1.82) is 0 Å². The van der Waals surface area contributed by atoms with Crippen LogP contribution in [0.1, 0.15) is 23.0 Å². The number of hydrogen-bond acceptors (Lipinski definition) is 7. The molecule has 9 nitrogen and oxygen atoms in total. The third kappa shape index (κ3) is 3.98. The third-order valence-corrected chi connectivity index (χ3v) is 6.59. The largest absolute Gasteiger partial charge is 0.324 e. The van der Waals surface area contributed by atoms with Crippen LogP contribution in [-0.2, 0) is 16.6 Å². The standard InChI is InChI=1S/C15H14N4O5S3/c1-2-7-18-10-4-3-9(27(16,23)24)8-12(10)26-15(18)17-14(20)11-5-6-13(25-11)19(21)22/h3-6,8H,2,7H2,1H3,(H2,16,23,24). The van der Waals surface area contributed by atoms with E-state index in [1.54, 1.807) is 6.07 Å². The van der Waals surface area contributed by atoms with Gasteiger partial charge in [0.15, 0.2) is 4.80 Å². The van der Waals surface area contributed by atoms with Gasteiger partial charge in [-0.2, -0.15) is 4.99 Å². The molecule has 0 saturated heterocycles. The molecule has 2 aromatic heterocycles. The molecule has 0 atom stereocenters. The molecule has 0 fully saturated rings. The molecule has 12 heteroatoms. The van der Waals surface area contributed by atoms with Crippen molar-refractivity contribution >= 4 is 53.8 Å². The molecule has 3 rings (SSSR count). The molecule has 1 aromatic carbocycles. The minimum absolute atomic E-state index is 0.0216. The number of carbonyl (C=O) groups is 1. The van der Waals surface area contributed by atoms with Crippen molar-refractivity contribution < 1.29 is 18.1 Å². The van der Waals surface area contributed by atoms with Gasteiger partial charge in [0.25, 0.3) is 5.91 Å². The lowest BCUT2D eigenvalue weighted by Gasteiger charge is -2.03. The second kappa shape index (κ2) is 7.31. The Morgan fingerprint density at radius 2 is 2.04 bits per heavy atom. The monoisotopic (exact) mass is 426 g/mol. The molecule has 2 heterocycles. The molecule has 27 heavy (non-hydrogen) atoms. The van der Waals surface area contributed by atoms with Gasteiger partial charge in [-0.3, -0.25) is 14.9 Å². The van der Waals surface area contributed by atoms with Crippen LogP contribution in [0.25, 0.3) is 10.2 Å². The molecule has 0 aliphatic rings. The SMILES string of the molecule is CCCn1c(=NC(=O)c2ccc([N+](=O)[O-])s2)sc2cc(S(N)(=O)=O)ccc21. The number of amides is 1. The number of hydrogen-bond donors (Lipinski definition) is 1. The van der Waals surface area contributed by atoms with Gasteiger partial charge in [-0.15, -0.1) is 0 Å². The molecule has 0 bridgehead atoms. The number of nitro groups is 1. The average molecular weight is 427 g/mol. The Bertz CT molecular complexity index is 1220. The molecule has 0 unspecified atom stereocenters. The van der Waals surface area contributed by atoms with E-state index in [0.29, 0.717) is 16.0 Å². The Morgan fingerprint density at radius 1 is 1.30 bits per heavy atom. The van der Waals surface area contributed by atoms with E-state index >= 15 is 0 Å². The molecule has 1 amide bonds. The molecular formula is C15H14N4O5S3. The summed E-state index contributed by atoms with van der Waals surface area (Å²) in [5.41, 5.74) is 0.734. The van der Waals surface area contributed by atoms with Crippen molar-refractivity contribution in [3.8, 4) is 0 Å². The summed E-state index contributed by atoms with van der Waals surface area (Å²) in [4.78, 5) is 27.2. The Morgan fingerprint density at radius 3 is 2.63 bits per heavy atom. The third-order valence-electron chi connectivity index (χ3n) is 3.61. The zero-order chi connectivity index (χ0) is 19.8. The van der Waals surface area contributed by atoms with E-state index in [-0.39, 0.29) is 14.8 Å². The molecule has 0 saturated carbocycles. The molecule has 0 spiro atoms. The molecule has 3 aromatic rings. The Kier molecular flexibility index (Phi) is 5.24. The molecular weight excluding hydrogens is 412 g/mol. The summed E-state index contributed by atoms with van der Waals surface area (Å²) in [6, 6.07) is 7.11. The van der Waals surface area contributed by atoms with Crippen LogP contribution in [0, 0.1) is 10.1 Å². The summed E-state index contributed by atoms with van der Waals surface area (Å²) in [6.45, 7) is 2.54. The number of rotatable bonds is 5. The lowest BCUT2D eigenvalue weighted by molar-refractivity contribution is -0.380. The maximum Gasteiger partial charge on any atom is 0.324 e. The minimum Gasteiger partial charge on any atom is -0.316 e. The van der Waals surface area contributed by atoms with Crippen LogP contribution in [0.3, 0.4) is 0 Å². The number of aryl methyl sites for hydroxylation is 1. The van der Waals surface area contributed by atoms with Crippen LogP contribution < -0.4 is 9.94 Å². The van der Waals surface area contributed by atoms with E-state index in [0.717, 1.165) is 34.6 Å².